The normalized spacial score (nSPS) is 25.8. The Balaban J connectivity index is 2.29. The summed E-state index contributed by atoms with van der Waals surface area (Å²) in [5.41, 5.74) is 0.726. The molecule has 2 atom stereocenters. The fraction of sp³-hybridized carbons (Fsp3) is 0.538. The van der Waals surface area contributed by atoms with Crippen molar-refractivity contribution >= 4 is 0 Å². The Bertz CT molecular complexity index is 382. The number of aryl methyl sites for hydroxylation is 1. The van der Waals surface area contributed by atoms with Gasteiger partial charge in [-0.3, -0.25) is 0 Å². The monoisotopic (exact) mass is 225 g/mol. The van der Waals surface area contributed by atoms with Crippen LogP contribution in [0.4, 0.5) is 8.78 Å². The van der Waals surface area contributed by atoms with Crippen molar-refractivity contribution in [2.75, 3.05) is 6.54 Å². The number of nitrogens with one attached hydrogen (secondary N) is 1. The summed E-state index contributed by atoms with van der Waals surface area (Å²) in [6, 6.07) is 2.67. The summed E-state index contributed by atoms with van der Waals surface area (Å²) >= 11 is 0. The van der Waals surface area contributed by atoms with Crippen LogP contribution in [-0.4, -0.2) is 6.54 Å². The van der Waals surface area contributed by atoms with Gasteiger partial charge in [-0.2, -0.15) is 0 Å². The van der Waals surface area contributed by atoms with E-state index >= 15 is 0 Å². The summed E-state index contributed by atoms with van der Waals surface area (Å²) in [6.07, 6.45) is 1.82. The quantitative estimate of drug-likeness (QED) is 0.773. The Morgan fingerprint density at radius 3 is 2.62 bits per heavy atom. The maximum Gasteiger partial charge on any atom is 0.133 e. The molecule has 0 amide bonds. The number of benzene rings is 1. The lowest BCUT2D eigenvalue weighted by Gasteiger charge is -2.28. The minimum Gasteiger partial charge on any atom is -0.309 e. The maximum atomic E-state index is 13.9. The van der Waals surface area contributed by atoms with E-state index in [4.69, 9.17) is 0 Å². The molecule has 16 heavy (non-hydrogen) atoms. The van der Waals surface area contributed by atoms with Crippen molar-refractivity contribution in [3.05, 3.63) is 34.9 Å². The third-order valence-corrected chi connectivity index (χ3v) is 3.33. The van der Waals surface area contributed by atoms with Gasteiger partial charge < -0.3 is 5.32 Å². The molecule has 88 valence electrons. The van der Waals surface area contributed by atoms with Gasteiger partial charge in [-0.15, -0.1) is 0 Å². The summed E-state index contributed by atoms with van der Waals surface area (Å²) in [5, 5.41) is 3.21. The van der Waals surface area contributed by atoms with Crippen molar-refractivity contribution in [1.29, 1.82) is 0 Å². The summed E-state index contributed by atoms with van der Waals surface area (Å²) in [5.74, 6) is -0.241. The van der Waals surface area contributed by atoms with Crippen LogP contribution in [0.3, 0.4) is 0 Å². The van der Waals surface area contributed by atoms with E-state index in [1.807, 2.05) is 0 Å². The molecular formula is C13H17F2N. The van der Waals surface area contributed by atoms with Gasteiger partial charge in [0.2, 0.25) is 0 Å². The third-order valence-electron chi connectivity index (χ3n) is 3.33. The molecule has 1 saturated heterocycles. The molecule has 0 bridgehead atoms. The molecular weight excluding hydrogens is 208 g/mol. The predicted octanol–water partition coefficient (Wildman–Crippen LogP) is 3.33. The molecule has 1 aromatic rings. The van der Waals surface area contributed by atoms with Crippen LogP contribution < -0.4 is 5.32 Å². The number of hydrogen-bond donors (Lipinski definition) is 1. The van der Waals surface area contributed by atoms with Gasteiger partial charge in [-0.05, 0) is 43.9 Å². The van der Waals surface area contributed by atoms with Gasteiger partial charge in [0.05, 0.1) is 0 Å². The molecule has 2 unspecified atom stereocenters. The van der Waals surface area contributed by atoms with Crippen LogP contribution in [0.2, 0.25) is 0 Å². The third kappa shape index (κ3) is 2.09. The lowest BCUT2D eigenvalue weighted by atomic mass is 9.91. The first-order valence-corrected chi connectivity index (χ1v) is 5.77. The second-order valence-corrected chi connectivity index (χ2v) is 4.74. The standard InChI is InChI=1S/C13H17F2N/c1-8-3-6-11(16-7-8)12-10(14)5-4-9(2)13(12)15/h4-5,8,11,16H,3,6-7H2,1-2H3. The molecule has 0 radical (unpaired) electrons. The molecule has 0 spiro atoms. The number of piperidine rings is 1. The highest BCUT2D eigenvalue weighted by atomic mass is 19.1. The molecule has 0 aromatic heterocycles. The fourth-order valence-electron chi connectivity index (χ4n) is 2.24. The smallest absolute Gasteiger partial charge is 0.133 e. The molecule has 1 nitrogen and oxygen atoms in total. The molecule has 2 rings (SSSR count). The van der Waals surface area contributed by atoms with E-state index < -0.39 is 11.6 Å². The zero-order valence-electron chi connectivity index (χ0n) is 9.69. The highest BCUT2D eigenvalue weighted by molar-refractivity contribution is 5.29. The van der Waals surface area contributed by atoms with E-state index in [1.165, 1.54) is 12.1 Å². The van der Waals surface area contributed by atoms with Crippen molar-refractivity contribution in [2.45, 2.75) is 32.7 Å². The molecule has 1 aliphatic heterocycles. The van der Waals surface area contributed by atoms with E-state index in [2.05, 4.69) is 12.2 Å². The van der Waals surface area contributed by atoms with Gasteiger partial charge in [0.25, 0.3) is 0 Å². The van der Waals surface area contributed by atoms with Crippen LogP contribution in [0.5, 0.6) is 0 Å². The van der Waals surface area contributed by atoms with Crippen molar-refractivity contribution in [2.24, 2.45) is 5.92 Å². The summed E-state index contributed by atoms with van der Waals surface area (Å²) in [6.45, 7) is 4.65. The fourth-order valence-corrected chi connectivity index (χ4v) is 2.24. The van der Waals surface area contributed by atoms with E-state index in [1.54, 1.807) is 6.92 Å². The summed E-state index contributed by atoms with van der Waals surface area (Å²) in [4.78, 5) is 0. The lowest BCUT2D eigenvalue weighted by Crippen LogP contribution is -2.33. The van der Waals surface area contributed by atoms with Crippen LogP contribution in [0, 0.1) is 24.5 Å². The molecule has 1 fully saturated rings. The van der Waals surface area contributed by atoms with Gasteiger partial charge in [0.1, 0.15) is 11.6 Å². The predicted molar refractivity (Wildman–Crippen MR) is 60.2 cm³/mol. The number of halogens is 2. The topological polar surface area (TPSA) is 12.0 Å². The number of rotatable bonds is 1. The lowest BCUT2D eigenvalue weighted by molar-refractivity contribution is 0.319. The molecule has 1 aromatic carbocycles. The zero-order valence-corrected chi connectivity index (χ0v) is 9.69. The summed E-state index contributed by atoms with van der Waals surface area (Å²) in [7, 11) is 0. The Kier molecular flexibility index (Phi) is 3.24. The Morgan fingerprint density at radius 1 is 1.25 bits per heavy atom. The zero-order chi connectivity index (χ0) is 11.7. The molecule has 1 aliphatic rings. The van der Waals surface area contributed by atoms with Crippen molar-refractivity contribution in [3.8, 4) is 0 Å². The Morgan fingerprint density at radius 2 is 2.00 bits per heavy atom. The van der Waals surface area contributed by atoms with Gasteiger partial charge in [-0.25, -0.2) is 8.78 Å². The number of hydrogen-bond acceptors (Lipinski definition) is 1. The van der Waals surface area contributed by atoms with E-state index in [9.17, 15) is 8.78 Å². The van der Waals surface area contributed by atoms with Crippen LogP contribution in [-0.2, 0) is 0 Å². The average Bonchev–Trinajstić information content (AvgIpc) is 2.27. The Labute approximate surface area is 94.9 Å². The molecule has 1 N–H and O–H groups in total. The van der Waals surface area contributed by atoms with Crippen LogP contribution >= 0.6 is 0 Å². The van der Waals surface area contributed by atoms with Gasteiger partial charge in [0.15, 0.2) is 0 Å². The first kappa shape index (κ1) is 11.5. The molecule has 1 heterocycles. The minimum absolute atomic E-state index is 0.170. The SMILES string of the molecule is Cc1ccc(F)c(C2CCC(C)CN2)c1F. The van der Waals surface area contributed by atoms with Crippen LogP contribution in [0.1, 0.15) is 36.9 Å². The van der Waals surface area contributed by atoms with Crippen molar-refractivity contribution in [1.82, 2.24) is 5.32 Å². The summed E-state index contributed by atoms with van der Waals surface area (Å²) < 4.78 is 27.5. The molecule has 3 heteroatoms. The minimum atomic E-state index is -0.435. The van der Waals surface area contributed by atoms with E-state index in [-0.39, 0.29) is 11.6 Å². The largest absolute Gasteiger partial charge is 0.309 e. The second kappa shape index (κ2) is 4.50. The first-order chi connectivity index (χ1) is 7.59. The van der Waals surface area contributed by atoms with Gasteiger partial charge in [-0.1, -0.05) is 13.0 Å². The maximum absolute atomic E-state index is 13.9. The van der Waals surface area contributed by atoms with E-state index in [0.717, 1.165) is 19.4 Å². The van der Waals surface area contributed by atoms with Crippen molar-refractivity contribution in [3.63, 3.8) is 0 Å². The highest BCUT2D eigenvalue weighted by Crippen LogP contribution is 2.30. The Hall–Kier alpha value is -0.960. The second-order valence-electron chi connectivity index (χ2n) is 4.74. The van der Waals surface area contributed by atoms with Crippen LogP contribution in [0.25, 0.3) is 0 Å². The average molecular weight is 225 g/mol. The van der Waals surface area contributed by atoms with Crippen LogP contribution in [0.15, 0.2) is 12.1 Å². The molecule has 0 saturated carbocycles. The molecule has 0 aliphatic carbocycles. The first-order valence-electron chi connectivity index (χ1n) is 5.77. The highest BCUT2D eigenvalue weighted by Gasteiger charge is 2.25. The van der Waals surface area contributed by atoms with Gasteiger partial charge >= 0.3 is 0 Å². The van der Waals surface area contributed by atoms with E-state index in [0.29, 0.717) is 11.5 Å². The van der Waals surface area contributed by atoms with Gasteiger partial charge in [0, 0.05) is 11.6 Å². The van der Waals surface area contributed by atoms with Crippen molar-refractivity contribution < 1.29 is 8.78 Å².